The Kier molecular flexibility index (Phi) is 4.78. The summed E-state index contributed by atoms with van der Waals surface area (Å²) in [5.41, 5.74) is 4.90. The lowest BCUT2D eigenvalue weighted by atomic mass is 10.1. The number of hydrogen-bond acceptors (Lipinski definition) is 6. The fourth-order valence-electron chi connectivity index (χ4n) is 2.59. The Bertz CT molecular complexity index is 960. The zero-order chi connectivity index (χ0) is 19.0. The summed E-state index contributed by atoms with van der Waals surface area (Å²) in [4.78, 5) is 40.1. The van der Waals surface area contributed by atoms with Crippen LogP contribution in [0.2, 0.25) is 0 Å². The number of anilines is 1. The number of carbonyl (C=O) groups excluding carboxylic acids is 3. The normalized spacial score (nSPS) is 14.4. The van der Waals surface area contributed by atoms with Crippen molar-refractivity contribution >= 4 is 50.4 Å². The van der Waals surface area contributed by atoms with Gasteiger partial charge in [-0.1, -0.05) is 22.0 Å². The number of aromatic nitrogens is 1. The third kappa shape index (κ3) is 3.32. The SMILES string of the molecule is CC(=O)OCc1cc(NN2C(=O)C(C)=C(C)C2=O)nc2cc(Br)ccc12. The van der Waals surface area contributed by atoms with E-state index in [2.05, 4.69) is 26.3 Å². The van der Waals surface area contributed by atoms with E-state index >= 15 is 0 Å². The summed E-state index contributed by atoms with van der Waals surface area (Å²) in [6, 6.07) is 7.18. The van der Waals surface area contributed by atoms with Gasteiger partial charge in [-0.15, -0.1) is 0 Å². The molecule has 0 saturated carbocycles. The number of nitrogens with zero attached hydrogens (tertiary/aromatic N) is 2. The minimum Gasteiger partial charge on any atom is -0.461 e. The highest BCUT2D eigenvalue weighted by Gasteiger charge is 2.34. The number of hydrogen-bond donors (Lipinski definition) is 1. The molecule has 26 heavy (non-hydrogen) atoms. The van der Waals surface area contributed by atoms with Crippen LogP contribution in [-0.4, -0.2) is 27.8 Å². The van der Waals surface area contributed by atoms with Crippen molar-refractivity contribution in [2.75, 3.05) is 5.43 Å². The van der Waals surface area contributed by atoms with E-state index in [1.165, 1.54) is 6.92 Å². The molecule has 7 nitrogen and oxygen atoms in total. The summed E-state index contributed by atoms with van der Waals surface area (Å²) in [6.45, 7) is 4.60. The first-order valence-electron chi connectivity index (χ1n) is 7.83. The number of halogens is 1. The number of esters is 1. The molecule has 2 amide bonds. The van der Waals surface area contributed by atoms with Crippen LogP contribution in [0.3, 0.4) is 0 Å². The summed E-state index contributed by atoms with van der Waals surface area (Å²) in [6.07, 6.45) is 0. The molecule has 0 unspecified atom stereocenters. The molecule has 134 valence electrons. The minimum absolute atomic E-state index is 0.0584. The molecule has 1 aliphatic rings. The monoisotopic (exact) mass is 417 g/mol. The second-order valence-electron chi connectivity index (χ2n) is 5.92. The fraction of sp³-hybridized carbons (Fsp3) is 0.222. The predicted molar refractivity (Wildman–Crippen MR) is 98.8 cm³/mol. The quantitative estimate of drug-likeness (QED) is 0.607. The fourth-order valence-corrected chi connectivity index (χ4v) is 2.94. The first-order valence-corrected chi connectivity index (χ1v) is 8.62. The average Bonchev–Trinajstić information content (AvgIpc) is 2.77. The number of imide groups is 1. The van der Waals surface area contributed by atoms with Gasteiger partial charge in [-0.3, -0.25) is 19.8 Å². The highest BCUT2D eigenvalue weighted by Crippen LogP contribution is 2.26. The van der Waals surface area contributed by atoms with E-state index in [1.54, 1.807) is 26.0 Å². The Morgan fingerprint density at radius 1 is 1.19 bits per heavy atom. The maximum absolute atomic E-state index is 12.2. The number of pyridine rings is 1. The minimum atomic E-state index is -0.412. The molecule has 8 heteroatoms. The number of hydrazine groups is 1. The number of nitrogens with one attached hydrogen (secondary N) is 1. The van der Waals surface area contributed by atoms with E-state index in [-0.39, 0.29) is 6.61 Å². The van der Waals surface area contributed by atoms with Gasteiger partial charge in [0.25, 0.3) is 11.8 Å². The van der Waals surface area contributed by atoms with Gasteiger partial charge < -0.3 is 4.74 Å². The molecule has 0 spiro atoms. The van der Waals surface area contributed by atoms with Crippen molar-refractivity contribution in [1.82, 2.24) is 9.99 Å². The molecule has 0 atom stereocenters. The Morgan fingerprint density at radius 3 is 2.46 bits per heavy atom. The number of ether oxygens (including phenoxy) is 1. The van der Waals surface area contributed by atoms with Crippen LogP contribution in [0, 0.1) is 0 Å². The second-order valence-corrected chi connectivity index (χ2v) is 6.83. The lowest BCUT2D eigenvalue weighted by Crippen LogP contribution is -2.37. The van der Waals surface area contributed by atoms with Crippen LogP contribution in [0.15, 0.2) is 39.9 Å². The van der Waals surface area contributed by atoms with Crippen molar-refractivity contribution in [3.63, 3.8) is 0 Å². The van der Waals surface area contributed by atoms with Crippen molar-refractivity contribution in [3.05, 3.63) is 45.4 Å². The van der Waals surface area contributed by atoms with Gasteiger partial charge in [0.2, 0.25) is 0 Å². The van der Waals surface area contributed by atoms with Crippen LogP contribution in [0.4, 0.5) is 5.82 Å². The molecule has 1 aliphatic heterocycles. The molecule has 0 radical (unpaired) electrons. The van der Waals surface area contributed by atoms with Crippen molar-refractivity contribution in [2.24, 2.45) is 0 Å². The molecule has 0 aliphatic carbocycles. The lowest BCUT2D eigenvalue weighted by Gasteiger charge is -2.18. The van der Waals surface area contributed by atoms with Gasteiger partial charge in [0.1, 0.15) is 12.4 Å². The van der Waals surface area contributed by atoms with Crippen LogP contribution < -0.4 is 5.43 Å². The van der Waals surface area contributed by atoms with Crippen molar-refractivity contribution in [3.8, 4) is 0 Å². The van der Waals surface area contributed by atoms with Crippen molar-refractivity contribution in [2.45, 2.75) is 27.4 Å². The Morgan fingerprint density at radius 2 is 1.85 bits per heavy atom. The largest absolute Gasteiger partial charge is 0.461 e. The molecular formula is C18H16BrN3O4. The third-order valence-corrected chi connectivity index (χ3v) is 4.62. The topological polar surface area (TPSA) is 88.6 Å². The Hall–Kier alpha value is -2.74. The number of carbonyl (C=O) groups is 3. The first-order chi connectivity index (χ1) is 12.3. The number of amides is 2. The maximum Gasteiger partial charge on any atom is 0.302 e. The molecule has 2 aromatic rings. The van der Waals surface area contributed by atoms with Crippen LogP contribution in [0.25, 0.3) is 10.9 Å². The molecule has 1 N–H and O–H groups in total. The van der Waals surface area contributed by atoms with Gasteiger partial charge >= 0.3 is 5.97 Å². The van der Waals surface area contributed by atoms with Gasteiger partial charge in [-0.2, -0.15) is 5.01 Å². The highest BCUT2D eigenvalue weighted by molar-refractivity contribution is 9.10. The highest BCUT2D eigenvalue weighted by atomic mass is 79.9. The third-order valence-electron chi connectivity index (χ3n) is 4.13. The first kappa shape index (κ1) is 18.1. The molecular weight excluding hydrogens is 402 g/mol. The van der Waals surface area contributed by atoms with E-state index in [9.17, 15) is 14.4 Å². The Balaban J connectivity index is 1.99. The molecule has 0 saturated heterocycles. The van der Waals surface area contributed by atoms with E-state index < -0.39 is 17.8 Å². The zero-order valence-electron chi connectivity index (χ0n) is 14.4. The lowest BCUT2D eigenvalue weighted by molar-refractivity contribution is -0.142. The van der Waals surface area contributed by atoms with Crippen LogP contribution in [0.5, 0.6) is 0 Å². The van der Waals surface area contributed by atoms with Gasteiger partial charge in [-0.25, -0.2) is 4.98 Å². The smallest absolute Gasteiger partial charge is 0.302 e. The Labute approximate surface area is 158 Å². The summed E-state index contributed by atoms with van der Waals surface area (Å²) in [5.74, 6) is -0.917. The van der Waals surface area contributed by atoms with Crippen molar-refractivity contribution < 1.29 is 19.1 Å². The van der Waals surface area contributed by atoms with E-state index in [1.807, 2.05) is 12.1 Å². The van der Waals surface area contributed by atoms with Crippen LogP contribution >= 0.6 is 15.9 Å². The summed E-state index contributed by atoms with van der Waals surface area (Å²) < 4.78 is 5.93. The van der Waals surface area contributed by atoms with E-state index in [4.69, 9.17) is 4.74 Å². The number of fused-ring (bicyclic) bond motifs is 1. The molecule has 3 rings (SSSR count). The molecule has 1 aromatic heterocycles. The van der Waals surface area contributed by atoms with Gasteiger partial charge in [0.15, 0.2) is 0 Å². The van der Waals surface area contributed by atoms with E-state index in [0.29, 0.717) is 28.0 Å². The predicted octanol–water partition coefficient (Wildman–Crippen LogP) is 3.09. The molecule has 0 bridgehead atoms. The molecule has 1 aromatic carbocycles. The van der Waals surface area contributed by atoms with Gasteiger partial charge in [-0.05, 0) is 32.0 Å². The van der Waals surface area contributed by atoms with Crippen LogP contribution in [0.1, 0.15) is 26.3 Å². The van der Waals surface area contributed by atoms with E-state index in [0.717, 1.165) is 14.9 Å². The summed E-state index contributed by atoms with van der Waals surface area (Å²) >= 11 is 3.40. The standard InChI is InChI=1S/C18H16BrN3O4/c1-9-10(2)18(25)22(17(9)24)21-16-6-12(8-26-11(3)23)14-5-4-13(19)7-15(14)20-16/h4-7H,8H2,1-3H3,(H,20,21). The summed E-state index contributed by atoms with van der Waals surface area (Å²) in [7, 11) is 0. The number of benzene rings is 1. The van der Waals surface area contributed by atoms with Gasteiger partial charge in [0.05, 0.1) is 5.52 Å². The zero-order valence-corrected chi connectivity index (χ0v) is 16.0. The molecule has 0 fully saturated rings. The van der Waals surface area contributed by atoms with Crippen LogP contribution in [-0.2, 0) is 25.7 Å². The maximum atomic E-state index is 12.2. The average molecular weight is 418 g/mol. The summed E-state index contributed by atoms with van der Waals surface area (Å²) in [5, 5.41) is 1.75. The second kappa shape index (κ2) is 6.87. The molecule has 2 heterocycles. The van der Waals surface area contributed by atoms with Crippen molar-refractivity contribution in [1.29, 1.82) is 0 Å². The number of rotatable bonds is 4. The van der Waals surface area contributed by atoms with Gasteiger partial charge in [0, 0.05) is 33.5 Å².